The zero-order valence-electron chi connectivity index (χ0n) is 15.5. The fourth-order valence-electron chi connectivity index (χ4n) is 2.98. The van der Waals surface area contributed by atoms with Gasteiger partial charge in [-0.2, -0.15) is 4.98 Å². The van der Waals surface area contributed by atoms with Crippen molar-refractivity contribution in [1.29, 1.82) is 0 Å². The van der Waals surface area contributed by atoms with Gasteiger partial charge in [0.1, 0.15) is 5.82 Å². The van der Waals surface area contributed by atoms with Crippen molar-refractivity contribution < 1.29 is 9.47 Å². The Morgan fingerprint density at radius 1 is 0.852 bits per heavy atom. The maximum absolute atomic E-state index is 5.43. The van der Waals surface area contributed by atoms with Gasteiger partial charge in [0.25, 0.3) is 0 Å². The molecule has 0 saturated carbocycles. The predicted octanol–water partition coefficient (Wildman–Crippen LogP) is 4.05. The van der Waals surface area contributed by atoms with Gasteiger partial charge in [0.15, 0.2) is 11.5 Å². The molecule has 6 heteroatoms. The van der Waals surface area contributed by atoms with Gasteiger partial charge >= 0.3 is 0 Å². The van der Waals surface area contributed by atoms with E-state index in [-0.39, 0.29) is 6.79 Å². The van der Waals surface area contributed by atoms with E-state index in [1.807, 2.05) is 31.2 Å². The van der Waals surface area contributed by atoms with Crippen molar-refractivity contribution in [2.45, 2.75) is 26.9 Å². The summed E-state index contributed by atoms with van der Waals surface area (Å²) in [6.45, 7) is 5.67. The van der Waals surface area contributed by atoms with Crippen molar-refractivity contribution >= 4 is 11.8 Å². The van der Waals surface area contributed by atoms with Crippen LogP contribution in [0, 0.1) is 13.8 Å². The van der Waals surface area contributed by atoms with Crippen LogP contribution in [0.1, 0.15) is 22.4 Å². The van der Waals surface area contributed by atoms with Gasteiger partial charge in [0, 0.05) is 24.8 Å². The van der Waals surface area contributed by atoms with Crippen LogP contribution in [0.25, 0.3) is 0 Å². The van der Waals surface area contributed by atoms with Crippen LogP contribution in [0.3, 0.4) is 0 Å². The number of nitrogens with zero attached hydrogens (tertiary/aromatic N) is 2. The molecule has 3 aromatic rings. The Morgan fingerprint density at radius 3 is 2.56 bits per heavy atom. The monoisotopic (exact) mass is 362 g/mol. The number of hydrogen-bond acceptors (Lipinski definition) is 6. The SMILES string of the molecule is Cc1cccc(CNc2nc(C)cc(NCc3ccc4c(c3)OCO4)n2)c1. The normalized spacial score (nSPS) is 12.1. The maximum atomic E-state index is 5.43. The summed E-state index contributed by atoms with van der Waals surface area (Å²) in [6.07, 6.45) is 0. The van der Waals surface area contributed by atoms with Crippen LogP contribution in [0.5, 0.6) is 11.5 Å². The lowest BCUT2D eigenvalue weighted by Gasteiger charge is -2.11. The van der Waals surface area contributed by atoms with E-state index in [1.54, 1.807) is 0 Å². The van der Waals surface area contributed by atoms with Gasteiger partial charge in [-0.1, -0.05) is 35.9 Å². The van der Waals surface area contributed by atoms with Crippen molar-refractivity contribution in [3.8, 4) is 11.5 Å². The smallest absolute Gasteiger partial charge is 0.231 e. The molecular weight excluding hydrogens is 340 g/mol. The molecule has 1 aliphatic rings. The van der Waals surface area contributed by atoms with E-state index in [0.29, 0.717) is 19.0 Å². The van der Waals surface area contributed by atoms with E-state index in [2.05, 4.69) is 51.8 Å². The van der Waals surface area contributed by atoms with Crippen molar-refractivity contribution in [2.24, 2.45) is 0 Å². The van der Waals surface area contributed by atoms with Gasteiger partial charge in [-0.3, -0.25) is 0 Å². The summed E-state index contributed by atoms with van der Waals surface area (Å²) in [5.74, 6) is 2.98. The molecule has 2 heterocycles. The Balaban J connectivity index is 1.41. The van der Waals surface area contributed by atoms with Gasteiger partial charge in [-0.25, -0.2) is 4.98 Å². The molecule has 0 saturated heterocycles. The molecule has 0 amide bonds. The zero-order valence-corrected chi connectivity index (χ0v) is 15.5. The molecule has 0 bridgehead atoms. The van der Waals surface area contributed by atoms with E-state index >= 15 is 0 Å². The van der Waals surface area contributed by atoms with Gasteiger partial charge in [0.05, 0.1) is 0 Å². The van der Waals surface area contributed by atoms with Crippen LogP contribution in [0.15, 0.2) is 48.5 Å². The number of hydrogen-bond donors (Lipinski definition) is 2. The van der Waals surface area contributed by atoms with E-state index < -0.39 is 0 Å². The number of ether oxygens (including phenoxy) is 2. The fourth-order valence-corrected chi connectivity index (χ4v) is 2.98. The number of benzene rings is 2. The van der Waals surface area contributed by atoms with E-state index in [1.165, 1.54) is 11.1 Å². The quantitative estimate of drug-likeness (QED) is 0.690. The third kappa shape index (κ3) is 4.28. The highest BCUT2D eigenvalue weighted by Crippen LogP contribution is 2.32. The van der Waals surface area contributed by atoms with Crippen molar-refractivity contribution in [2.75, 3.05) is 17.4 Å². The lowest BCUT2D eigenvalue weighted by molar-refractivity contribution is 0.174. The zero-order chi connectivity index (χ0) is 18.6. The molecule has 1 aromatic heterocycles. The highest BCUT2D eigenvalue weighted by Gasteiger charge is 2.13. The Morgan fingerprint density at radius 2 is 1.67 bits per heavy atom. The second-order valence-electron chi connectivity index (χ2n) is 6.60. The van der Waals surface area contributed by atoms with Gasteiger partial charge < -0.3 is 20.1 Å². The first-order valence-electron chi connectivity index (χ1n) is 8.93. The third-order valence-corrected chi connectivity index (χ3v) is 4.30. The van der Waals surface area contributed by atoms with Gasteiger partial charge in [-0.05, 0) is 37.1 Å². The molecule has 2 N–H and O–H groups in total. The number of fused-ring (bicyclic) bond motifs is 1. The first-order chi connectivity index (χ1) is 13.2. The minimum Gasteiger partial charge on any atom is -0.454 e. The minimum atomic E-state index is 0.285. The lowest BCUT2D eigenvalue weighted by Crippen LogP contribution is -2.08. The van der Waals surface area contributed by atoms with Crippen LogP contribution in [-0.4, -0.2) is 16.8 Å². The van der Waals surface area contributed by atoms with Crippen molar-refractivity contribution in [1.82, 2.24) is 9.97 Å². The second-order valence-corrected chi connectivity index (χ2v) is 6.60. The molecule has 1 aliphatic heterocycles. The number of rotatable bonds is 6. The van der Waals surface area contributed by atoms with Crippen LogP contribution < -0.4 is 20.1 Å². The molecular formula is C21H22N4O2. The van der Waals surface area contributed by atoms with Gasteiger partial charge in [-0.15, -0.1) is 0 Å². The molecule has 0 fully saturated rings. The fraction of sp³-hybridized carbons (Fsp3) is 0.238. The Bertz CT molecular complexity index is 959. The summed E-state index contributed by atoms with van der Waals surface area (Å²) in [5.41, 5.74) is 4.45. The summed E-state index contributed by atoms with van der Waals surface area (Å²) in [5, 5.41) is 6.66. The Labute approximate surface area is 158 Å². The molecule has 6 nitrogen and oxygen atoms in total. The largest absolute Gasteiger partial charge is 0.454 e. The van der Waals surface area contributed by atoms with Crippen LogP contribution in [0.4, 0.5) is 11.8 Å². The molecule has 27 heavy (non-hydrogen) atoms. The first-order valence-corrected chi connectivity index (χ1v) is 8.93. The van der Waals surface area contributed by atoms with E-state index in [4.69, 9.17) is 9.47 Å². The van der Waals surface area contributed by atoms with Crippen molar-refractivity contribution in [3.63, 3.8) is 0 Å². The Hall–Kier alpha value is -3.28. The first kappa shape index (κ1) is 17.1. The number of aryl methyl sites for hydroxylation is 2. The van der Waals surface area contributed by atoms with Crippen LogP contribution >= 0.6 is 0 Å². The molecule has 138 valence electrons. The predicted molar refractivity (Wildman–Crippen MR) is 105 cm³/mol. The topological polar surface area (TPSA) is 68.3 Å². The third-order valence-electron chi connectivity index (χ3n) is 4.30. The van der Waals surface area contributed by atoms with Crippen molar-refractivity contribution in [3.05, 3.63) is 70.9 Å². The average molecular weight is 362 g/mol. The summed E-state index contributed by atoms with van der Waals surface area (Å²) in [4.78, 5) is 9.04. The summed E-state index contributed by atoms with van der Waals surface area (Å²) in [7, 11) is 0. The molecule has 0 aliphatic carbocycles. The number of nitrogens with one attached hydrogen (secondary N) is 2. The van der Waals surface area contributed by atoms with Gasteiger partial charge in [0.2, 0.25) is 12.7 Å². The summed E-state index contributed by atoms with van der Waals surface area (Å²) < 4.78 is 10.8. The standard InChI is InChI=1S/C21H22N4O2/c1-14-4-3-5-16(8-14)12-23-21-24-15(2)9-20(25-21)22-11-17-6-7-18-19(10-17)27-13-26-18/h3-10H,11-13H2,1-2H3,(H2,22,23,24,25). The average Bonchev–Trinajstić information content (AvgIpc) is 3.12. The highest BCUT2D eigenvalue weighted by atomic mass is 16.7. The lowest BCUT2D eigenvalue weighted by atomic mass is 10.1. The Kier molecular flexibility index (Phi) is 4.78. The highest BCUT2D eigenvalue weighted by molar-refractivity contribution is 5.47. The molecule has 0 unspecified atom stereocenters. The maximum Gasteiger partial charge on any atom is 0.231 e. The molecule has 2 aromatic carbocycles. The second kappa shape index (κ2) is 7.53. The number of aromatic nitrogens is 2. The molecule has 4 rings (SSSR count). The number of anilines is 2. The molecule has 0 atom stereocenters. The minimum absolute atomic E-state index is 0.285. The summed E-state index contributed by atoms with van der Waals surface area (Å²) in [6, 6.07) is 16.3. The molecule has 0 radical (unpaired) electrons. The van der Waals surface area contributed by atoms with E-state index in [0.717, 1.165) is 28.6 Å². The molecule has 0 spiro atoms. The van der Waals surface area contributed by atoms with Crippen LogP contribution in [0.2, 0.25) is 0 Å². The summed E-state index contributed by atoms with van der Waals surface area (Å²) >= 11 is 0. The van der Waals surface area contributed by atoms with E-state index in [9.17, 15) is 0 Å². The van der Waals surface area contributed by atoms with Crippen LogP contribution in [-0.2, 0) is 13.1 Å².